The maximum absolute atomic E-state index is 14.0. The average Bonchev–Trinajstić information content (AvgIpc) is 3.21. The van der Waals surface area contributed by atoms with Crippen LogP contribution in [0.4, 0.5) is 0 Å². The van der Waals surface area contributed by atoms with Crippen molar-refractivity contribution in [2.45, 2.75) is 112 Å². The average molecular weight is 516 g/mol. The van der Waals surface area contributed by atoms with Gasteiger partial charge >= 0.3 is 5.97 Å². The third-order valence-electron chi connectivity index (χ3n) is 8.54. The van der Waals surface area contributed by atoms with Crippen LogP contribution >= 0.6 is 0 Å². The zero-order valence-electron chi connectivity index (χ0n) is 24.4. The lowest BCUT2D eigenvalue weighted by Crippen LogP contribution is -2.48. The van der Waals surface area contributed by atoms with Gasteiger partial charge in [-0.1, -0.05) is 74.4 Å². The molecule has 2 rings (SSSR count). The van der Waals surface area contributed by atoms with Crippen LogP contribution in [0.15, 0.2) is 24.4 Å². The number of nitrogens with zero attached hydrogens (tertiary/aromatic N) is 1. The highest BCUT2D eigenvalue weighted by Crippen LogP contribution is 2.42. The minimum absolute atomic E-state index is 0.0548. The Labute approximate surface area is 220 Å². The fourth-order valence-corrected chi connectivity index (χ4v) is 11.8. The number of hydrogen-bond acceptors (Lipinski definition) is 4. The largest absolute Gasteiger partial charge is 0.462 e. The molecule has 1 aromatic heterocycles. The van der Waals surface area contributed by atoms with E-state index in [2.05, 4.69) is 62.3 Å². The molecule has 0 aliphatic heterocycles. The van der Waals surface area contributed by atoms with Gasteiger partial charge in [0.25, 0.3) is 0 Å². The Morgan fingerprint density at radius 2 is 1.47 bits per heavy atom. The Hall–Kier alpha value is -1.92. The predicted molar refractivity (Wildman–Crippen MR) is 153 cm³/mol. The second-order valence-electron chi connectivity index (χ2n) is 11.0. The summed E-state index contributed by atoms with van der Waals surface area (Å²) >= 11 is 0. The first-order valence-corrected chi connectivity index (χ1v) is 16.1. The maximum Gasteiger partial charge on any atom is 0.340 e. The second-order valence-corrected chi connectivity index (χ2v) is 16.5. The Bertz CT molecular complexity index is 1000. The molecule has 0 unspecified atom stereocenters. The predicted octanol–water partition coefficient (Wildman–Crippen LogP) is 8.41. The first kappa shape index (κ1) is 30.3. The van der Waals surface area contributed by atoms with Gasteiger partial charge in [0.2, 0.25) is 5.91 Å². The van der Waals surface area contributed by atoms with Crippen molar-refractivity contribution in [3.63, 3.8) is 0 Å². The molecule has 0 radical (unpaired) electrons. The zero-order chi connectivity index (χ0) is 27.3. The number of carbonyl (C=O) groups excluding carboxylic acids is 2. The molecule has 0 amide bonds. The Morgan fingerprint density at radius 3 is 1.94 bits per heavy atom. The Morgan fingerprint density at radius 1 is 0.917 bits per heavy atom. The van der Waals surface area contributed by atoms with E-state index in [1.807, 2.05) is 18.3 Å². The molecule has 0 saturated carbocycles. The lowest BCUT2D eigenvalue weighted by atomic mass is 9.79. The molecule has 0 bridgehead atoms. The van der Waals surface area contributed by atoms with Gasteiger partial charge in [0.1, 0.15) is 0 Å². The van der Waals surface area contributed by atoms with E-state index in [4.69, 9.17) is 9.16 Å². The summed E-state index contributed by atoms with van der Waals surface area (Å²) in [5.41, 5.74) is 3.22. The van der Waals surface area contributed by atoms with Crippen molar-refractivity contribution in [1.82, 2.24) is 4.57 Å². The van der Waals surface area contributed by atoms with Crippen LogP contribution in [0.5, 0.6) is 0 Å². The molecule has 0 atom stereocenters. The summed E-state index contributed by atoms with van der Waals surface area (Å²) in [6, 6.07) is 5.67. The van der Waals surface area contributed by atoms with E-state index in [0.717, 1.165) is 30.2 Å². The molecule has 0 saturated heterocycles. The smallest absolute Gasteiger partial charge is 0.340 e. The highest BCUT2D eigenvalue weighted by atomic mass is 28.4. The van der Waals surface area contributed by atoms with Crippen LogP contribution in [-0.4, -0.2) is 38.0 Å². The molecule has 6 heteroatoms. The van der Waals surface area contributed by atoms with Gasteiger partial charge in [-0.25, -0.2) is 4.79 Å². The number of hydrogen-bond donors (Lipinski definition) is 0. The van der Waals surface area contributed by atoms with E-state index in [9.17, 15) is 9.59 Å². The number of fused-ring (bicyclic) bond motifs is 1. The van der Waals surface area contributed by atoms with Gasteiger partial charge < -0.3 is 9.16 Å². The number of rotatable bonds is 13. The monoisotopic (exact) mass is 515 g/mol. The minimum atomic E-state index is -2.00. The van der Waals surface area contributed by atoms with E-state index in [1.165, 1.54) is 0 Å². The Balaban J connectivity index is 2.61. The molecule has 2 aromatic rings. The molecular weight excluding hydrogens is 466 g/mol. The number of aromatic nitrogens is 1. The van der Waals surface area contributed by atoms with Crippen LogP contribution in [0.1, 0.15) is 109 Å². The lowest BCUT2D eigenvalue weighted by molar-refractivity contribution is 0.0528. The van der Waals surface area contributed by atoms with Gasteiger partial charge in [0.15, 0.2) is 8.32 Å². The maximum atomic E-state index is 14.0. The summed E-state index contributed by atoms with van der Waals surface area (Å²) in [6.45, 7) is 22.7. The summed E-state index contributed by atoms with van der Waals surface area (Å²) in [5.74, 6) is -0.335. The van der Waals surface area contributed by atoms with E-state index in [-0.39, 0.29) is 11.9 Å². The van der Waals surface area contributed by atoms with Crippen LogP contribution < -0.4 is 0 Å². The van der Waals surface area contributed by atoms with Crippen LogP contribution in [-0.2, 0) is 15.6 Å². The summed E-state index contributed by atoms with van der Waals surface area (Å²) in [6.07, 6.45) is 4.91. The number of ether oxygens (including phenoxy) is 1. The summed E-state index contributed by atoms with van der Waals surface area (Å²) < 4.78 is 13.9. The SMILES string of the molecule is CCOC(=O)c1cccc2c(CCO[Si](C(C)C)(C(C)C)C(C)C)cn(C(=O)C(CC)(CC)CC)c12. The fraction of sp³-hybridized carbons (Fsp3) is 0.667. The van der Waals surface area contributed by atoms with Gasteiger partial charge in [0, 0.05) is 23.6 Å². The topological polar surface area (TPSA) is 57.5 Å². The van der Waals surface area contributed by atoms with Crippen molar-refractivity contribution in [2.75, 3.05) is 13.2 Å². The zero-order valence-corrected chi connectivity index (χ0v) is 25.4. The molecular formula is C30H49NO4Si. The van der Waals surface area contributed by atoms with Crippen molar-refractivity contribution in [3.05, 3.63) is 35.5 Å². The molecule has 0 N–H and O–H groups in total. The van der Waals surface area contributed by atoms with Gasteiger partial charge in [-0.15, -0.1) is 0 Å². The first-order chi connectivity index (χ1) is 17.0. The Kier molecular flexibility index (Phi) is 10.6. The van der Waals surface area contributed by atoms with Crippen molar-refractivity contribution in [3.8, 4) is 0 Å². The first-order valence-electron chi connectivity index (χ1n) is 14.0. The highest BCUT2D eigenvalue weighted by Gasteiger charge is 2.45. The van der Waals surface area contributed by atoms with E-state index in [1.54, 1.807) is 17.6 Å². The standard InChI is InChI=1S/C30H49NO4Si/c1-11-30(12-2,13-3)29(33)31-20-24(18-19-35-36(21(5)6,22(7)8)23(9)10)25-16-15-17-26(27(25)31)28(32)34-14-4/h15-17,20-23H,11-14,18-19H2,1-10H3. The fourth-order valence-electron chi connectivity index (χ4n) is 6.38. The molecule has 1 heterocycles. The van der Waals surface area contributed by atoms with Crippen molar-refractivity contribution < 1.29 is 18.8 Å². The van der Waals surface area contributed by atoms with Gasteiger partial charge in [-0.2, -0.15) is 0 Å². The van der Waals surface area contributed by atoms with Crippen LogP contribution in [0.25, 0.3) is 10.9 Å². The van der Waals surface area contributed by atoms with Crippen LogP contribution in [0.3, 0.4) is 0 Å². The van der Waals surface area contributed by atoms with E-state index < -0.39 is 13.7 Å². The van der Waals surface area contributed by atoms with Gasteiger partial charge in [0.05, 0.1) is 17.7 Å². The summed E-state index contributed by atoms with van der Waals surface area (Å²) in [4.78, 5) is 26.9. The molecule has 1 aromatic carbocycles. The molecule has 0 spiro atoms. The van der Waals surface area contributed by atoms with Gasteiger partial charge in [-0.05, 0) is 60.9 Å². The van der Waals surface area contributed by atoms with E-state index >= 15 is 0 Å². The normalized spacial score (nSPS) is 12.8. The molecule has 0 aliphatic rings. The van der Waals surface area contributed by atoms with Crippen LogP contribution in [0.2, 0.25) is 16.6 Å². The molecule has 5 nitrogen and oxygen atoms in total. The molecule has 36 heavy (non-hydrogen) atoms. The third-order valence-corrected chi connectivity index (χ3v) is 14.7. The second kappa shape index (κ2) is 12.5. The molecule has 202 valence electrons. The lowest BCUT2D eigenvalue weighted by Gasteiger charge is -2.42. The molecule has 0 aliphatic carbocycles. The van der Waals surface area contributed by atoms with Crippen LogP contribution in [0, 0.1) is 5.41 Å². The number of esters is 1. The highest BCUT2D eigenvalue weighted by molar-refractivity contribution is 6.77. The summed E-state index contributed by atoms with van der Waals surface area (Å²) in [7, 11) is -2.00. The quantitative estimate of drug-likeness (QED) is 0.198. The van der Waals surface area contributed by atoms with E-state index in [0.29, 0.717) is 47.3 Å². The van der Waals surface area contributed by atoms with Crippen molar-refractivity contribution in [2.24, 2.45) is 5.41 Å². The van der Waals surface area contributed by atoms with Crippen molar-refractivity contribution >= 4 is 31.1 Å². The summed E-state index contributed by atoms with van der Waals surface area (Å²) in [5, 5.41) is 0.931. The van der Waals surface area contributed by atoms with Crippen molar-refractivity contribution in [1.29, 1.82) is 0 Å². The third kappa shape index (κ3) is 5.50. The number of para-hydroxylation sites is 1. The van der Waals surface area contributed by atoms with Gasteiger partial charge in [-0.3, -0.25) is 9.36 Å². The minimum Gasteiger partial charge on any atom is -0.462 e. The number of benzene rings is 1. The molecule has 0 fully saturated rings. The number of carbonyl (C=O) groups is 2.